The van der Waals surface area contributed by atoms with Crippen molar-refractivity contribution in [3.05, 3.63) is 83.0 Å². The maximum Gasteiger partial charge on any atom is 0.232 e. The van der Waals surface area contributed by atoms with Gasteiger partial charge in [-0.05, 0) is 67.5 Å². The van der Waals surface area contributed by atoms with Gasteiger partial charge in [-0.15, -0.1) is 0 Å². The number of hydrogen-bond acceptors (Lipinski definition) is 8. The zero-order valence-corrected chi connectivity index (χ0v) is 21.5. The Morgan fingerprint density at radius 1 is 0.892 bits per heavy atom. The molecule has 0 aliphatic carbocycles. The summed E-state index contributed by atoms with van der Waals surface area (Å²) in [5.74, 6) is 2.48. The van der Waals surface area contributed by atoms with E-state index in [1.165, 1.54) is 0 Å². The Bertz CT molecular complexity index is 1400. The van der Waals surface area contributed by atoms with Crippen LogP contribution in [0, 0.1) is 11.3 Å². The van der Waals surface area contributed by atoms with Gasteiger partial charge in [-0.1, -0.05) is 24.3 Å². The molecule has 190 valence electrons. The van der Waals surface area contributed by atoms with Gasteiger partial charge in [-0.2, -0.15) is 5.26 Å². The van der Waals surface area contributed by atoms with Crippen molar-refractivity contribution in [2.24, 2.45) is 0 Å². The number of aromatic nitrogens is 2. The van der Waals surface area contributed by atoms with E-state index in [9.17, 15) is 5.26 Å². The highest BCUT2D eigenvalue weighted by Crippen LogP contribution is 2.31. The van der Waals surface area contributed by atoms with E-state index in [4.69, 9.17) is 18.9 Å². The lowest BCUT2D eigenvalue weighted by Gasteiger charge is -2.14. The maximum absolute atomic E-state index is 9.97. The molecule has 8 nitrogen and oxygen atoms in total. The molecule has 0 bridgehead atoms. The first-order valence-electron chi connectivity index (χ1n) is 11.9. The maximum atomic E-state index is 9.97. The van der Waals surface area contributed by atoms with Crippen LogP contribution in [0.15, 0.2) is 60.8 Å². The zero-order valence-electron chi connectivity index (χ0n) is 21.5. The van der Waals surface area contributed by atoms with Crippen molar-refractivity contribution in [3.8, 4) is 29.2 Å². The average molecular weight is 499 g/mol. The first-order valence-corrected chi connectivity index (χ1v) is 11.9. The minimum Gasteiger partial charge on any atom is -0.497 e. The Labute approximate surface area is 217 Å². The van der Waals surface area contributed by atoms with Crippen LogP contribution in [0.3, 0.4) is 0 Å². The van der Waals surface area contributed by atoms with Crippen molar-refractivity contribution >= 4 is 11.0 Å². The lowest BCUT2D eigenvalue weighted by Crippen LogP contribution is -2.19. The predicted molar refractivity (Wildman–Crippen MR) is 141 cm³/mol. The van der Waals surface area contributed by atoms with Crippen LogP contribution in [-0.2, 0) is 13.0 Å². The third kappa shape index (κ3) is 6.46. The van der Waals surface area contributed by atoms with Gasteiger partial charge >= 0.3 is 0 Å². The smallest absolute Gasteiger partial charge is 0.232 e. The molecule has 0 atom stereocenters. The highest BCUT2D eigenvalue weighted by molar-refractivity contribution is 5.82. The van der Waals surface area contributed by atoms with Crippen LogP contribution < -0.4 is 18.9 Å². The normalized spacial score (nSPS) is 10.8. The van der Waals surface area contributed by atoms with Crippen molar-refractivity contribution in [2.75, 3.05) is 41.5 Å². The van der Waals surface area contributed by atoms with Crippen molar-refractivity contribution in [2.45, 2.75) is 13.0 Å². The van der Waals surface area contributed by atoms with Gasteiger partial charge in [-0.3, -0.25) is 0 Å². The number of hydrogen-bond donors (Lipinski definition) is 0. The third-order valence-electron chi connectivity index (χ3n) is 5.86. The molecule has 0 N–H and O–H groups in total. The van der Waals surface area contributed by atoms with E-state index in [2.05, 4.69) is 16.0 Å². The van der Waals surface area contributed by atoms with E-state index in [-0.39, 0.29) is 0 Å². The van der Waals surface area contributed by atoms with Gasteiger partial charge in [0.2, 0.25) is 5.88 Å². The van der Waals surface area contributed by atoms with Crippen LogP contribution in [0.2, 0.25) is 0 Å². The van der Waals surface area contributed by atoms with Crippen LogP contribution >= 0.6 is 0 Å². The summed E-state index contributed by atoms with van der Waals surface area (Å²) in [6, 6.07) is 19.6. The van der Waals surface area contributed by atoms with E-state index >= 15 is 0 Å². The van der Waals surface area contributed by atoms with Crippen molar-refractivity contribution in [1.82, 2.24) is 14.9 Å². The number of benzene rings is 3. The minimum absolute atomic E-state index is 0.403. The third-order valence-corrected chi connectivity index (χ3v) is 5.86. The van der Waals surface area contributed by atoms with E-state index in [0.717, 1.165) is 29.0 Å². The topological polar surface area (TPSA) is 89.7 Å². The summed E-state index contributed by atoms with van der Waals surface area (Å²) in [5, 5.41) is 9.97. The molecular formula is C29H30N4O4. The SMILES string of the molecule is COc1ccc(COc2ccc(Cc3ccc4ncc(OCCN(C)C)nc4c3C#N)cc2OC)cc1. The summed E-state index contributed by atoms with van der Waals surface area (Å²) in [6.45, 7) is 1.65. The second kappa shape index (κ2) is 12.1. The molecule has 1 heterocycles. The second-order valence-corrected chi connectivity index (χ2v) is 8.74. The molecule has 8 heteroatoms. The molecule has 37 heavy (non-hydrogen) atoms. The summed E-state index contributed by atoms with van der Waals surface area (Å²) in [6.07, 6.45) is 2.12. The lowest BCUT2D eigenvalue weighted by atomic mass is 9.98. The van der Waals surface area contributed by atoms with Gasteiger partial charge in [0.25, 0.3) is 0 Å². The fourth-order valence-electron chi connectivity index (χ4n) is 3.82. The van der Waals surface area contributed by atoms with Gasteiger partial charge in [0, 0.05) is 6.54 Å². The van der Waals surface area contributed by atoms with Gasteiger partial charge < -0.3 is 23.8 Å². The predicted octanol–water partition coefficient (Wildman–Crippen LogP) is 4.63. The molecular weight excluding hydrogens is 468 g/mol. The quantitative estimate of drug-likeness (QED) is 0.296. The fourth-order valence-corrected chi connectivity index (χ4v) is 3.82. The Morgan fingerprint density at radius 2 is 1.68 bits per heavy atom. The fraction of sp³-hybridized carbons (Fsp3) is 0.276. The number of likely N-dealkylation sites (N-methyl/N-ethyl adjacent to an activating group) is 1. The molecule has 1 aromatic heterocycles. The summed E-state index contributed by atoms with van der Waals surface area (Å²) in [5.41, 5.74) is 4.53. The molecule has 3 aromatic carbocycles. The van der Waals surface area contributed by atoms with Crippen LogP contribution in [0.5, 0.6) is 23.1 Å². The number of nitriles is 1. The number of ether oxygens (including phenoxy) is 4. The van der Waals surface area contributed by atoms with Crippen molar-refractivity contribution < 1.29 is 18.9 Å². The Morgan fingerprint density at radius 3 is 2.38 bits per heavy atom. The van der Waals surface area contributed by atoms with E-state index in [1.54, 1.807) is 20.4 Å². The first kappa shape index (κ1) is 25.7. The number of nitrogens with zero attached hydrogens (tertiary/aromatic N) is 4. The van der Waals surface area contributed by atoms with Crippen molar-refractivity contribution in [3.63, 3.8) is 0 Å². The second-order valence-electron chi connectivity index (χ2n) is 8.74. The molecule has 0 spiro atoms. The molecule has 0 fully saturated rings. The Balaban J connectivity index is 1.52. The molecule has 4 aromatic rings. The average Bonchev–Trinajstić information content (AvgIpc) is 2.92. The summed E-state index contributed by atoms with van der Waals surface area (Å²) in [4.78, 5) is 11.0. The van der Waals surface area contributed by atoms with Gasteiger partial charge in [0.15, 0.2) is 11.5 Å². The lowest BCUT2D eigenvalue weighted by molar-refractivity contribution is 0.254. The van der Waals surface area contributed by atoms with Crippen LogP contribution in [0.4, 0.5) is 0 Å². The molecule has 0 saturated carbocycles. The number of rotatable bonds is 11. The van der Waals surface area contributed by atoms with Gasteiger partial charge in [0.05, 0.1) is 31.5 Å². The molecule has 0 unspecified atom stereocenters. The van der Waals surface area contributed by atoms with Crippen LogP contribution in [-0.4, -0.2) is 56.3 Å². The largest absolute Gasteiger partial charge is 0.497 e. The highest BCUT2D eigenvalue weighted by Gasteiger charge is 2.14. The van der Waals surface area contributed by atoms with Gasteiger partial charge in [0.1, 0.15) is 30.5 Å². The standard InChI is InChI=1S/C29H30N4O4/c1-33(2)13-14-36-28-18-31-25-11-8-22(24(17-30)29(25)32-28)15-21-7-12-26(27(16-21)35-4)37-19-20-5-9-23(34-3)10-6-20/h5-12,16,18H,13-15,19H2,1-4H3. The van der Waals surface area contributed by atoms with E-state index in [1.807, 2.05) is 73.6 Å². The monoisotopic (exact) mass is 498 g/mol. The summed E-state index contributed by atoms with van der Waals surface area (Å²) < 4.78 is 22.5. The van der Waals surface area contributed by atoms with Crippen molar-refractivity contribution in [1.29, 1.82) is 5.26 Å². The molecule has 0 aliphatic heterocycles. The number of methoxy groups -OCH3 is 2. The van der Waals surface area contributed by atoms with E-state index in [0.29, 0.717) is 53.6 Å². The van der Waals surface area contributed by atoms with Gasteiger partial charge in [-0.25, -0.2) is 9.97 Å². The minimum atomic E-state index is 0.403. The Kier molecular flexibility index (Phi) is 8.39. The van der Waals surface area contributed by atoms with E-state index < -0.39 is 0 Å². The summed E-state index contributed by atoms with van der Waals surface area (Å²) in [7, 11) is 7.21. The van der Waals surface area contributed by atoms with Crippen LogP contribution in [0.25, 0.3) is 11.0 Å². The van der Waals surface area contributed by atoms with Crippen LogP contribution in [0.1, 0.15) is 22.3 Å². The highest BCUT2D eigenvalue weighted by atomic mass is 16.5. The number of fused-ring (bicyclic) bond motifs is 1. The Hall–Kier alpha value is -4.35. The molecule has 0 saturated heterocycles. The molecule has 0 radical (unpaired) electrons. The molecule has 0 aliphatic rings. The molecule has 4 rings (SSSR count). The molecule has 0 amide bonds. The first-order chi connectivity index (χ1) is 18.0. The summed E-state index contributed by atoms with van der Waals surface area (Å²) >= 11 is 0. The zero-order chi connectivity index (χ0) is 26.2.